The van der Waals surface area contributed by atoms with Gasteiger partial charge in [-0.3, -0.25) is 0 Å². The van der Waals surface area contributed by atoms with E-state index >= 15 is 0 Å². The number of nitrogens with zero attached hydrogens (tertiary/aromatic N) is 3. The largest absolute Gasteiger partial charge is 2.00 e. The van der Waals surface area contributed by atoms with Crippen LogP contribution in [-0.2, 0) is 17.1 Å². The predicted octanol–water partition coefficient (Wildman–Crippen LogP) is -2.54. The molecule has 1 aromatic rings. The molecule has 0 fully saturated rings. The van der Waals surface area contributed by atoms with Gasteiger partial charge in [0.15, 0.2) is 0 Å². The smallest absolute Gasteiger partial charge is 0.857 e. The van der Waals surface area contributed by atoms with Gasteiger partial charge in [0.2, 0.25) is 0 Å². The number of pyridine rings is 1. The van der Waals surface area contributed by atoms with E-state index in [1.54, 1.807) is 6.07 Å². The molecule has 19 heavy (non-hydrogen) atoms. The van der Waals surface area contributed by atoms with Crippen LogP contribution < -0.4 is 21.7 Å². The van der Waals surface area contributed by atoms with E-state index in [1.165, 1.54) is 26.2 Å². The summed E-state index contributed by atoms with van der Waals surface area (Å²) in [6.07, 6.45) is 0. The summed E-state index contributed by atoms with van der Waals surface area (Å²) in [5.41, 5.74) is 10.1. The Bertz CT molecular complexity index is 388. The van der Waals surface area contributed by atoms with Gasteiger partial charge in [0.1, 0.15) is 0 Å². The molecule has 0 aliphatic carbocycles. The third-order valence-electron chi connectivity index (χ3n) is 1.76. The Morgan fingerprint density at radius 1 is 1.05 bits per heavy atom. The summed E-state index contributed by atoms with van der Waals surface area (Å²) in [5.74, 6) is -0.897. The predicted molar refractivity (Wildman–Crippen MR) is 67.3 cm³/mol. The normalized spacial score (nSPS) is 11.2. The van der Waals surface area contributed by atoms with E-state index in [0.717, 1.165) is 0 Å². The zero-order chi connectivity index (χ0) is 14.0. The van der Waals surface area contributed by atoms with E-state index in [-0.39, 0.29) is 28.5 Å². The molecule has 1 rings (SSSR count). The van der Waals surface area contributed by atoms with Gasteiger partial charge in [-0.2, -0.15) is 0 Å². The molecule has 109 valence electrons. The Labute approximate surface area is 123 Å². The molecule has 1 heterocycles. The maximum Gasteiger partial charge on any atom is 2.00 e. The fourth-order valence-corrected chi connectivity index (χ4v) is 0.902. The number of rotatable bonds is 3. The van der Waals surface area contributed by atoms with Gasteiger partial charge in [-0.25, -0.2) is 4.98 Å². The van der Waals surface area contributed by atoms with Crippen molar-refractivity contribution in [3.8, 4) is 0 Å². The van der Waals surface area contributed by atoms with E-state index in [9.17, 15) is 10.2 Å². The van der Waals surface area contributed by atoms with Crippen molar-refractivity contribution >= 4 is 11.8 Å². The van der Waals surface area contributed by atoms with Crippen LogP contribution in [0.3, 0.4) is 0 Å². The quantitative estimate of drug-likeness (QED) is 0.360. The van der Waals surface area contributed by atoms with Crippen LogP contribution in [-0.4, -0.2) is 44.0 Å². The molecule has 1 aromatic heterocycles. The van der Waals surface area contributed by atoms with Gasteiger partial charge in [-0.05, 0) is 12.1 Å². The molecule has 0 bridgehead atoms. The fraction of sp³-hybridized carbons (Fsp3) is 0.364. The Hall–Kier alpha value is -1.47. The molecule has 0 aliphatic heterocycles. The van der Waals surface area contributed by atoms with Gasteiger partial charge in [-0.1, -0.05) is 6.07 Å². The molecule has 8 heteroatoms. The van der Waals surface area contributed by atoms with Gasteiger partial charge in [0.05, 0.1) is 11.4 Å². The van der Waals surface area contributed by atoms with Gasteiger partial charge < -0.3 is 31.7 Å². The van der Waals surface area contributed by atoms with Gasteiger partial charge in [0.25, 0.3) is 0 Å². The van der Waals surface area contributed by atoms with Crippen LogP contribution in [0.2, 0.25) is 0 Å². The van der Waals surface area contributed by atoms with E-state index in [2.05, 4.69) is 15.0 Å². The number of aromatic nitrogens is 1. The van der Waals surface area contributed by atoms with Crippen LogP contribution >= 0.6 is 0 Å². The minimum Gasteiger partial charge on any atom is -0.857 e. The summed E-state index contributed by atoms with van der Waals surface area (Å²) in [5, 5.41) is 22.2. The van der Waals surface area contributed by atoms with Crippen molar-refractivity contribution < 1.29 is 27.3 Å². The molecule has 0 amide bonds. The van der Waals surface area contributed by atoms with Gasteiger partial charge >= 0.3 is 17.1 Å². The van der Waals surface area contributed by atoms with Crippen LogP contribution in [0.5, 0.6) is 0 Å². The van der Waals surface area contributed by atoms with Crippen molar-refractivity contribution in [2.75, 3.05) is 27.2 Å². The third kappa shape index (κ3) is 7.53. The van der Waals surface area contributed by atoms with Crippen LogP contribution in [0.4, 0.5) is 0 Å². The first-order valence-electron chi connectivity index (χ1n) is 5.26. The summed E-state index contributed by atoms with van der Waals surface area (Å²) in [7, 11) is 2.76. The Kier molecular flexibility index (Phi) is 12.1. The number of nitrogens with two attached hydrogens (primary N) is 2. The summed E-state index contributed by atoms with van der Waals surface area (Å²) in [6, 6.07) is 4.58. The number of hydrogen-bond donors (Lipinski definition) is 2. The molecule has 0 saturated carbocycles. The van der Waals surface area contributed by atoms with Crippen molar-refractivity contribution in [1.29, 1.82) is 0 Å². The Balaban J connectivity index is 0. The molecule has 0 atom stereocenters. The van der Waals surface area contributed by atoms with Crippen molar-refractivity contribution in [1.82, 2.24) is 4.98 Å². The molecular weight excluding hydrogens is 298 g/mol. The van der Waals surface area contributed by atoms with Crippen LogP contribution in [0.25, 0.3) is 0 Å². The standard InChI is InChI=1S/C9H11N3O2.C2H8N2.Cu/c1-10-8(13)6-4-3-5-7(12-6)9(14)11-2;3-1-2-4;/h3-5H,1-2H3,(H,10,13)(H,11,14);1-4H2;/q;;+2/p-2. The van der Waals surface area contributed by atoms with Crippen LogP contribution in [0, 0.1) is 0 Å². The molecule has 0 aliphatic rings. The molecule has 1 radical (unpaired) electrons. The van der Waals surface area contributed by atoms with Crippen molar-refractivity contribution in [3.05, 3.63) is 29.6 Å². The summed E-state index contributed by atoms with van der Waals surface area (Å²) >= 11 is 0. The van der Waals surface area contributed by atoms with Crippen LogP contribution in [0.1, 0.15) is 11.4 Å². The SMILES string of the molecule is CN=C([O-])c1cccc(C([O-])=NC)n1.NCCN.[Cu+2]. The number of hydrogen-bond acceptors (Lipinski definition) is 7. The second kappa shape index (κ2) is 11.6. The monoisotopic (exact) mass is 314 g/mol. The topological polar surface area (TPSA) is 136 Å². The van der Waals surface area contributed by atoms with Gasteiger partial charge in [-0.15, -0.1) is 0 Å². The first-order valence-corrected chi connectivity index (χ1v) is 5.26. The molecular formula is C11H17CuN5O2. The Morgan fingerprint density at radius 3 is 1.68 bits per heavy atom. The minimum absolute atomic E-state index is 0. The van der Waals surface area contributed by atoms with E-state index < -0.39 is 11.8 Å². The van der Waals surface area contributed by atoms with E-state index in [1.807, 2.05) is 0 Å². The second-order valence-corrected chi connectivity index (χ2v) is 3.04. The molecule has 0 unspecified atom stereocenters. The zero-order valence-electron chi connectivity index (χ0n) is 10.8. The minimum atomic E-state index is -0.448. The summed E-state index contributed by atoms with van der Waals surface area (Å²) < 4.78 is 0. The third-order valence-corrected chi connectivity index (χ3v) is 1.76. The van der Waals surface area contributed by atoms with Crippen molar-refractivity contribution in [2.24, 2.45) is 21.5 Å². The van der Waals surface area contributed by atoms with Crippen molar-refractivity contribution in [3.63, 3.8) is 0 Å². The van der Waals surface area contributed by atoms with Gasteiger partial charge in [0, 0.05) is 39.0 Å². The fourth-order valence-electron chi connectivity index (χ4n) is 0.902. The molecule has 7 nitrogen and oxygen atoms in total. The number of aliphatic imine (C=N–C) groups is 2. The first-order chi connectivity index (χ1) is 8.60. The average Bonchev–Trinajstić information content (AvgIpc) is 2.45. The molecule has 4 N–H and O–H groups in total. The Morgan fingerprint density at radius 2 is 1.42 bits per heavy atom. The summed E-state index contributed by atoms with van der Waals surface area (Å²) in [4.78, 5) is 10.7. The first kappa shape index (κ1) is 19.9. The maximum absolute atomic E-state index is 11.1. The van der Waals surface area contributed by atoms with Crippen molar-refractivity contribution in [2.45, 2.75) is 0 Å². The maximum atomic E-state index is 11.1. The summed E-state index contributed by atoms with van der Waals surface area (Å²) in [6.45, 7) is 1.19. The zero-order valence-corrected chi connectivity index (χ0v) is 11.7. The van der Waals surface area contributed by atoms with Crippen LogP contribution in [0.15, 0.2) is 28.2 Å². The molecule has 0 spiro atoms. The molecule has 0 saturated heterocycles. The van der Waals surface area contributed by atoms with E-state index in [0.29, 0.717) is 13.1 Å². The molecule has 0 aromatic carbocycles. The van der Waals surface area contributed by atoms with E-state index in [4.69, 9.17) is 11.5 Å². The second-order valence-electron chi connectivity index (χ2n) is 3.04. The average molecular weight is 315 g/mol.